The van der Waals surface area contributed by atoms with Crippen LogP contribution in [0.1, 0.15) is 44.3 Å². The fourth-order valence-corrected chi connectivity index (χ4v) is 4.46. The minimum absolute atomic E-state index is 0.0887. The van der Waals surface area contributed by atoms with Gasteiger partial charge in [-0.1, -0.05) is 12.1 Å². The molecule has 0 saturated carbocycles. The summed E-state index contributed by atoms with van der Waals surface area (Å²) < 4.78 is 0. The van der Waals surface area contributed by atoms with Crippen molar-refractivity contribution >= 4 is 29.1 Å². The molecule has 2 aliphatic heterocycles. The van der Waals surface area contributed by atoms with Crippen LogP contribution in [0.2, 0.25) is 0 Å². The predicted molar refractivity (Wildman–Crippen MR) is 110 cm³/mol. The largest absolute Gasteiger partial charge is 0.340 e. The SMILES string of the molecule is Cc1nc(CN2CCN(C(=O)CCCN3C(=O)c4ccccc4C3=O)CC2)cs1. The van der Waals surface area contributed by atoms with Crippen LogP contribution in [0, 0.1) is 6.92 Å². The van der Waals surface area contributed by atoms with Gasteiger partial charge < -0.3 is 4.90 Å². The number of carbonyl (C=O) groups excluding carboxylic acids is 3. The van der Waals surface area contributed by atoms with Gasteiger partial charge in [-0.3, -0.25) is 24.2 Å². The van der Waals surface area contributed by atoms with Crippen LogP contribution in [0.5, 0.6) is 0 Å². The lowest BCUT2D eigenvalue weighted by atomic mass is 10.1. The normalized spacial score (nSPS) is 17.1. The fraction of sp³-hybridized carbons (Fsp3) is 0.429. The Kier molecular flexibility index (Phi) is 5.73. The van der Waals surface area contributed by atoms with Crippen molar-refractivity contribution in [2.24, 2.45) is 0 Å². The molecule has 2 aromatic rings. The molecule has 152 valence electrons. The van der Waals surface area contributed by atoms with Gasteiger partial charge in [0.05, 0.1) is 21.8 Å². The Bertz CT molecular complexity index is 899. The summed E-state index contributed by atoms with van der Waals surface area (Å²) in [5.41, 5.74) is 2.00. The second-order valence-corrected chi connectivity index (χ2v) is 8.49. The molecule has 7 nitrogen and oxygen atoms in total. The highest BCUT2D eigenvalue weighted by molar-refractivity contribution is 7.09. The van der Waals surface area contributed by atoms with Crippen LogP contribution in [0.4, 0.5) is 0 Å². The van der Waals surface area contributed by atoms with E-state index in [1.807, 2.05) is 11.8 Å². The first-order valence-electron chi connectivity index (χ1n) is 9.89. The van der Waals surface area contributed by atoms with Crippen LogP contribution in [-0.4, -0.2) is 70.1 Å². The highest BCUT2D eigenvalue weighted by Gasteiger charge is 2.34. The number of benzene rings is 1. The van der Waals surface area contributed by atoms with Crippen LogP contribution in [0.15, 0.2) is 29.6 Å². The number of nitrogens with zero attached hydrogens (tertiary/aromatic N) is 4. The minimum atomic E-state index is -0.260. The minimum Gasteiger partial charge on any atom is -0.340 e. The summed E-state index contributed by atoms with van der Waals surface area (Å²) in [6.07, 6.45) is 0.835. The van der Waals surface area contributed by atoms with Gasteiger partial charge in [-0.05, 0) is 25.5 Å². The number of amides is 3. The van der Waals surface area contributed by atoms with E-state index in [1.54, 1.807) is 35.6 Å². The van der Waals surface area contributed by atoms with E-state index in [9.17, 15) is 14.4 Å². The number of piperazine rings is 1. The molecule has 1 fully saturated rings. The molecular weight excluding hydrogens is 388 g/mol. The van der Waals surface area contributed by atoms with Crippen molar-refractivity contribution in [3.05, 3.63) is 51.5 Å². The molecule has 3 heterocycles. The molecule has 4 rings (SSSR count). The smallest absolute Gasteiger partial charge is 0.261 e. The first-order valence-corrected chi connectivity index (χ1v) is 10.8. The lowest BCUT2D eigenvalue weighted by Gasteiger charge is -2.34. The molecule has 3 amide bonds. The third kappa shape index (κ3) is 4.23. The third-order valence-electron chi connectivity index (χ3n) is 5.43. The number of hydrogen-bond acceptors (Lipinski definition) is 6. The van der Waals surface area contributed by atoms with Gasteiger partial charge in [0.2, 0.25) is 5.91 Å². The van der Waals surface area contributed by atoms with E-state index in [0.29, 0.717) is 37.1 Å². The summed E-state index contributed by atoms with van der Waals surface area (Å²) in [5.74, 6) is -0.432. The van der Waals surface area contributed by atoms with Crippen molar-refractivity contribution in [3.63, 3.8) is 0 Å². The number of aryl methyl sites for hydroxylation is 1. The average Bonchev–Trinajstić information content (AvgIpc) is 3.24. The molecule has 2 aliphatic rings. The molecule has 1 aromatic carbocycles. The molecule has 0 radical (unpaired) electrons. The Balaban J connectivity index is 1.21. The predicted octanol–water partition coefficient (Wildman–Crippen LogP) is 2.17. The maximum atomic E-state index is 12.5. The average molecular weight is 413 g/mol. The van der Waals surface area contributed by atoms with Crippen LogP contribution in [-0.2, 0) is 11.3 Å². The molecule has 0 unspecified atom stereocenters. The number of hydrogen-bond donors (Lipinski definition) is 0. The van der Waals surface area contributed by atoms with Gasteiger partial charge in [-0.25, -0.2) is 4.98 Å². The van der Waals surface area contributed by atoms with E-state index in [4.69, 9.17) is 0 Å². The number of carbonyl (C=O) groups is 3. The van der Waals surface area contributed by atoms with E-state index < -0.39 is 0 Å². The summed E-state index contributed by atoms with van der Waals surface area (Å²) >= 11 is 1.66. The molecule has 1 aromatic heterocycles. The van der Waals surface area contributed by atoms with Gasteiger partial charge in [-0.15, -0.1) is 11.3 Å². The van der Waals surface area contributed by atoms with Crippen molar-refractivity contribution in [3.8, 4) is 0 Å². The van der Waals surface area contributed by atoms with Gasteiger partial charge in [0.1, 0.15) is 0 Å². The van der Waals surface area contributed by atoms with E-state index in [1.165, 1.54) is 4.90 Å². The van der Waals surface area contributed by atoms with Gasteiger partial charge in [0, 0.05) is 51.1 Å². The van der Waals surface area contributed by atoms with Crippen LogP contribution < -0.4 is 0 Å². The Labute approximate surface area is 173 Å². The summed E-state index contributed by atoms with van der Waals surface area (Å²) in [7, 11) is 0. The van der Waals surface area contributed by atoms with E-state index in [0.717, 1.165) is 30.3 Å². The monoisotopic (exact) mass is 412 g/mol. The fourth-order valence-electron chi connectivity index (χ4n) is 3.85. The van der Waals surface area contributed by atoms with Gasteiger partial charge in [-0.2, -0.15) is 0 Å². The summed E-state index contributed by atoms with van der Waals surface area (Å²) in [6, 6.07) is 6.86. The Morgan fingerprint density at radius 1 is 1.07 bits per heavy atom. The number of thiazole rings is 1. The van der Waals surface area contributed by atoms with Crippen molar-refractivity contribution in [1.82, 2.24) is 19.7 Å². The van der Waals surface area contributed by atoms with Gasteiger partial charge in [0.25, 0.3) is 11.8 Å². The molecule has 29 heavy (non-hydrogen) atoms. The quantitative estimate of drug-likeness (QED) is 0.680. The second kappa shape index (κ2) is 8.42. The lowest BCUT2D eigenvalue weighted by Crippen LogP contribution is -2.48. The van der Waals surface area contributed by atoms with Crippen LogP contribution >= 0.6 is 11.3 Å². The lowest BCUT2D eigenvalue weighted by molar-refractivity contribution is -0.133. The molecule has 0 aliphatic carbocycles. The maximum absolute atomic E-state index is 12.5. The second-order valence-electron chi connectivity index (χ2n) is 7.43. The molecule has 0 spiro atoms. The summed E-state index contributed by atoms with van der Waals surface area (Å²) in [6.45, 7) is 6.19. The zero-order valence-corrected chi connectivity index (χ0v) is 17.3. The van der Waals surface area contributed by atoms with Crippen molar-refractivity contribution in [1.29, 1.82) is 0 Å². The number of rotatable bonds is 6. The van der Waals surface area contributed by atoms with Crippen LogP contribution in [0.25, 0.3) is 0 Å². The van der Waals surface area contributed by atoms with Crippen molar-refractivity contribution in [2.45, 2.75) is 26.3 Å². The first kappa shape index (κ1) is 19.7. The van der Waals surface area contributed by atoms with E-state index in [-0.39, 0.29) is 24.3 Å². The van der Waals surface area contributed by atoms with Crippen LogP contribution in [0.3, 0.4) is 0 Å². The number of imide groups is 1. The van der Waals surface area contributed by atoms with E-state index in [2.05, 4.69) is 15.3 Å². The number of aromatic nitrogens is 1. The maximum Gasteiger partial charge on any atom is 0.261 e. The Morgan fingerprint density at radius 3 is 2.31 bits per heavy atom. The van der Waals surface area contributed by atoms with Gasteiger partial charge in [0.15, 0.2) is 0 Å². The molecule has 0 atom stereocenters. The standard InChI is InChI=1S/C21H24N4O3S/c1-15-22-16(14-29-15)13-23-9-11-24(12-10-23)19(26)7-4-8-25-20(27)17-5-2-3-6-18(17)21(25)28/h2-3,5-6,14H,4,7-13H2,1H3. The van der Waals surface area contributed by atoms with Crippen molar-refractivity contribution in [2.75, 3.05) is 32.7 Å². The number of fused-ring (bicyclic) bond motifs is 1. The first-order chi connectivity index (χ1) is 14.0. The summed E-state index contributed by atoms with van der Waals surface area (Å²) in [4.78, 5) is 47.2. The molecule has 0 N–H and O–H groups in total. The third-order valence-corrected chi connectivity index (χ3v) is 6.25. The highest BCUT2D eigenvalue weighted by atomic mass is 32.1. The molecule has 1 saturated heterocycles. The van der Waals surface area contributed by atoms with Crippen molar-refractivity contribution < 1.29 is 14.4 Å². The Morgan fingerprint density at radius 2 is 1.72 bits per heavy atom. The van der Waals surface area contributed by atoms with E-state index >= 15 is 0 Å². The highest BCUT2D eigenvalue weighted by Crippen LogP contribution is 2.22. The zero-order valence-electron chi connectivity index (χ0n) is 16.5. The van der Waals surface area contributed by atoms with Gasteiger partial charge >= 0.3 is 0 Å². The topological polar surface area (TPSA) is 73.8 Å². The Hall–Kier alpha value is -2.58. The molecule has 8 heteroatoms. The molecule has 0 bridgehead atoms. The summed E-state index contributed by atoms with van der Waals surface area (Å²) in [5, 5.41) is 3.17. The zero-order chi connectivity index (χ0) is 20.4. The molecular formula is C21H24N4O3S.